The molecule has 0 unspecified atom stereocenters. The largest absolute Gasteiger partial charge is 0.481 e. The predicted molar refractivity (Wildman–Crippen MR) is 99.5 cm³/mol. The smallest absolute Gasteiger partial charge is 0.309 e. The Kier molecular flexibility index (Phi) is 6.41. The molecule has 27 heavy (non-hydrogen) atoms. The maximum absolute atomic E-state index is 12.2. The van der Waals surface area contributed by atoms with E-state index in [1.54, 1.807) is 45.9 Å². The molecule has 6 nitrogen and oxygen atoms in total. The normalized spacial score (nSPS) is 18.0. The summed E-state index contributed by atoms with van der Waals surface area (Å²) >= 11 is 0. The molecule has 0 radical (unpaired) electrons. The Morgan fingerprint density at radius 1 is 1.11 bits per heavy atom. The molecule has 6 heteroatoms. The van der Waals surface area contributed by atoms with Gasteiger partial charge in [-0.1, -0.05) is 46.4 Å². The fraction of sp³-hybridized carbons (Fsp3) is 0.476. The third-order valence-corrected chi connectivity index (χ3v) is 4.24. The molecule has 0 spiro atoms. The van der Waals surface area contributed by atoms with Gasteiger partial charge in [0.15, 0.2) is 18.0 Å². The molecule has 2 rings (SSSR count). The zero-order chi connectivity index (χ0) is 20.3. The average molecular weight is 374 g/mol. The highest BCUT2D eigenvalue weighted by Crippen LogP contribution is 2.42. The van der Waals surface area contributed by atoms with Gasteiger partial charge in [0.05, 0.1) is 11.8 Å². The highest BCUT2D eigenvalue weighted by Gasteiger charge is 2.40. The first-order valence-corrected chi connectivity index (χ1v) is 8.98. The highest BCUT2D eigenvalue weighted by molar-refractivity contribution is 5.94. The van der Waals surface area contributed by atoms with Crippen LogP contribution in [0.3, 0.4) is 0 Å². The van der Waals surface area contributed by atoms with Gasteiger partial charge in [-0.25, -0.2) is 0 Å². The summed E-state index contributed by atoms with van der Waals surface area (Å²) in [5.74, 6) is -0.911. The number of ketones is 1. The number of hydrogen-bond acceptors (Lipinski definition) is 6. The average Bonchev–Trinajstić information content (AvgIpc) is 2.96. The van der Waals surface area contributed by atoms with Crippen molar-refractivity contribution in [2.75, 3.05) is 6.61 Å². The van der Waals surface area contributed by atoms with Crippen molar-refractivity contribution in [3.05, 3.63) is 41.5 Å². The first-order valence-electron chi connectivity index (χ1n) is 8.98. The van der Waals surface area contributed by atoms with E-state index in [-0.39, 0.29) is 36.2 Å². The van der Waals surface area contributed by atoms with Crippen LogP contribution in [0.1, 0.15) is 56.6 Å². The van der Waals surface area contributed by atoms with Crippen molar-refractivity contribution in [3.63, 3.8) is 0 Å². The lowest BCUT2D eigenvalue weighted by molar-refractivity contribution is -0.156. The number of Topliss-reactive ketones (excluding diaryl/α,β-unsaturated/α-hetero) is 1. The Morgan fingerprint density at radius 3 is 2.30 bits per heavy atom. The van der Waals surface area contributed by atoms with Crippen LogP contribution in [-0.2, 0) is 19.1 Å². The Labute approximate surface area is 159 Å². The van der Waals surface area contributed by atoms with Crippen LogP contribution in [0.15, 0.2) is 30.4 Å². The predicted octanol–water partition coefficient (Wildman–Crippen LogP) is 3.65. The summed E-state index contributed by atoms with van der Waals surface area (Å²) in [7, 11) is 0. The number of carbonyl (C=O) groups is 3. The van der Waals surface area contributed by atoms with Gasteiger partial charge in [0, 0.05) is 16.7 Å². The molecule has 0 amide bonds. The summed E-state index contributed by atoms with van der Waals surface area (Å²) in [5, 5.41) is 0. The maximum Gasteiger partial charge on any atom is 0.309 e. The van der Waals surface area contributed by atoms with E-state index in [9.17, 15) is 14.4 Å². The lowest BCUT2D eigenvalue weighted by atomic mass is 9.99. The van der Waals surface area contributed by atoms with Gasteiger partial charge in [-0.3, -0.25) is 14.4 Å². The van der Waals surface area contributed by atoms with Crippen LogP contribution in [0.25, 0.3) is 0 Å². The standard InChI is InChI=1S/C21H26O6/c1-11(2)20(23)25-10-13(5)18-19(27-21(24)12(3)4)16-8-7-15(14(6)22)9-17(16)26-18/h7-9,11-12,18-19H,5,10H2,1-4,6H3/t18-,19-/m1/s1. The van der Waals surface area contributed by atoms with Crippen molar-refractivity contribution in [1.82, 2.24) is 0 Å². The van der Waals surface area contributed by atoms with E-state index in [0.29, 0.717) is 22.4 Å². The summed E-state index contributed by atoms with van der Waals surface area (Å²) < 4.78 is 16.8. The molecule has 1 heterocycles. The van der Waals surface area contributed by atoms with Crippen molar-refractivity contribution in [3.8, 4) is 5.75 Å². The quantitative estimate of drug-likeness (QED) is 0.412. The molecular formula is C21H26O6. The second kappa shape index (κ2) is 8.37. The van der Waals surface area contributed by atoms with Gasteiger partial charge in [-0.05, 0) is 13.0 Å². The molecular weight excluding hydrogens is 348 g/mol. The Balaban J connectivity index is 2.26. The van der Waals surface area contributed by atoms with Crippen LogP contribution in [0, 0.1) is 11.8 Å². The highest BCUT2D eigenvalue weighted by atomic mass is 16.6. The lowest BCUT2D eigenvalue weighted by Gasteiger charge is -2.22. The number of fused-ring (bicyclic) bond motifs is 1. The van der Waals surface area contributed by atoms with E-state index in [2.05, 4.69) is 6.58 Å². The molecule has 1 aliphatic rings. The number of ether oxygens (including phenoxy) is 3. The Morgan fingerprint density at radius 2 is 1.74 bits per heavy atom. The SMILES string of the molecule is C=C(COC(=O)C(C)C)[C@H]1Oc2cc(C(C)=O)ccc2[C@H]1OC(=O)C(C)C. The van der Waals surface area contributed by atoms with Crippen LogP contribution in [-0.4, -0.2) is 30.4 Å². The van der Waals surface area contributed by atoms with Crippen LogP contribution >= 0.6 is 0 Å². The van der Waals surface area contributed by atoms with Gasteiger partial charge in [0.2, 0.25) is 0 Å². The van der Waals surface area contributed by atoms with E-state index in [0.717, 1.165) is 0 Å². The first kappa shape index (κ1) is 20.7. The molecule has 0 aromatic heterocycles. The molecule has 2 atom stereocenters. The van der Waals surface area contributed by atoms with Crippen LogP contribution in [0.2, 0.25) is 0 Å². The fourth-order valence-electron chi connectivity index (χ4n) is 2.55. The van der Waals surface area contributed by atoms with Crippen molar-refractivity contribution in [2.24, 2.45) is 11.8 Å². The number of rotatable bonds is 7. The van der Waals surface area contributed by atoms with Crippen LogP contribution in [0.4, 0.5) is 0 Å². The zero-order valence-corrected chi connectivity index (χ0v) is 16.4. The van der Waals surface area contributed by atoms with Gasteiger partial charge >= 0.3 is 11.9 Å². The maximum atomic E-state index is 12.2. The molecule has 0 saturated heterocycles. The minimum absolute atomic E-state index is 0.0367. The molecule has 0 N–H and O–H groups in total. The number of carbonyl (C=O) groups excluding carboxylic acids is 3. The molecule has 1 aliphatic heterocycles. The van der Waals surface area contributed by atoms with E-state index in [1.807, 2.05) is 0 Å². The Bertz CT molecular complexity index is 762. The van der Waals surface area contributed by atoms with E-state index in [1.165, 1.54) is 6.92 Å². The van der Waals surface area contributed by atoms with Crippen molar-refractivity contribution < 1.29 is 28.6 Å². The molecule has 0 bridgehead atoms. The molecule has 1 aromatic carbocycles. The second-order valence-corrected chi connectivity index (χ2v) is 7.28. The second-order valence-electron chi connectivity index (χ2n) is 7.28. The first-order chi connectivity index (χ1) is 12.6. The van der Waals surface area contributed by atoms with E-state index in [4.69, 9.17) is 14.2 Å². The topological polar surface area (TPSA) is 78.9 Å². The van der Waals surface area contributed by atoms with Gasteiger partial charge in [0.25, 0.3) is 0 Å². The summed E-state index contributed by atoms with van der Waals surface area (Å²) in [4.78, 5) is 35.5. The third-order valence-electron chi connectivity index (χ3n) is 4.24. The van der Waals surface area contributed by atoms with Gasteiger partial charge < -0.3 is 14.2 Å². The Hall–Kier alpha value is -2.63. The number of esters is 2. The van der Waals surface area contributed by atoms with Gasteiger partial charge in [-0.15, -0.1) is 0 Å². The van der Waals surface area contributed by atoms with Gasteiger partial charge in [0.1, 0.15) is 12.4 Å². The summed E-state index contributed by atoms with van der Waals surface area (Å²) in [6.45, 7) is 12.3. The van der Waals surface area contributed by atoms with Crippen molar-refractivity contribution >= 4 is 17.7 Å². The van der Waals surface area contributed by atoms with Crippen molar-refractivity contribution in [2.45, 2.75) is 46.8 Å². The van der Waals surface area contributed by atoms with Crippen LogP contribution in [0.5, 0.6) is 5.75 Å². The molecule has 1 aromatic rings. The minimum atomic E-state index is -0.707. The summed E-state index contributed by atoms with van der Waals surface area (Å²) in [6, 6.07) is 5.02. The monoisotopic (exact) mass is 374 g/mol. The van der Waals surface area contributed by atoms with Crippen LogP contribution < -0.4 is 4.74 Å². The van der Waals surface area contributed by atoms with Gasteiger partial charge in [-0.2, -0.15) is 0 Å². The minimum Gasteiger partial charge on any atom is -0.481 e. The zero-order valence-electron chi connectivity index (χ0n) is 16.4. The van der Waals surface area contributed by atoms with E-state index < -0.39 is 12.2 Å². The molecule has 146 valence electrons. The summed E-state index contributed by atoms with van der Waals surface area (Å²) in [5.41, 5.74) is 1.64. The fourth-order valence-corrected chi connectivity index (χ4v) is 2.55. The lowest BCUT2D eigenvalue weighted by Crippen LogP contribution is -2.29. The summed E-state index contributed by atoms with van der Waals surface area (Å²) in [6.07, 6.45) is -1.40. The molecule has 0 saturated carbocycles. The third kappa shape index (κ3) is 4.76. The molecule has 0 aliphatic carbocycles. The van der Waals surface area contributed by atoms with Crippen molar-refractivity contribution in [1.29, 1.82) is 0 Å². The number of benzene rings is 1. The molecule has 0 fully saturated rings. The van der Waals surface area contributed by atoms with E-state index >= 15 is 0 Å². The number of hydrogen-bond donors (Lipinski definition) is 0.